The van der Waals surface area contributed by atoms with Gasteiger partial charge in [-0.2, -0.15) is 4.73 Å². The minimum atomic E-state index is 0.710. The number of rotatable bonds is 5. The molecule has 5 nitrogen and oxygen atoms in total. The van der Waals surface area contributed by atoms with E-state index in [4.69, 9.17) is 0 Å². The van der Waals surface area contributed by atoms with E-state index in [9.17, 15) is 5.21 Å². The van der Waals surface area contributed by atoms with Crippen LogP contribution in [0.4, 0.5) is 11.4 Å². The summed E-state index contributed by atoms with van der Waals surface area (Å²) in [5.74, 6) is 0. The highest BCUT2D eigenvalue weighted by atomic mass is 16.5. The Morgan fingerprint density at radius 3 is 2.35 bits per heavy atom. The molecule has 0 spiro atoms. The number of aromatic nitrogens is 1. The fraction of sp³-hybridized carbons (Fsp3) is 0.400. The molecule has 0 saturated carbocycles. The average Bonchev–Trinajstić information content (AvgIpc) is 2.44. The summed E-state index contributed by atoms with van der Waals surface area (Å²) in [5, 5.41) is 18.6. The summed E-state index contributed by atoms with van der Waals surface area (Å²) in [6, 6.07) is 5.84. The molecular formula is C15H22N4O. The second kappa shape index (κ2) is 6.32. The van der Waals surface area contributed by atoms with E-state index in [1.54, 1.807) is 6.20 Å². The van der Waals surface area contributed by atoms with Crippen LogP contribution in [0, 0.1) is 0 Å². The van der Waals surface area contributed by atoms with Crippen LogP contribution < -0.4 is 16.0 Å². The van der Waals surface area contributed by atoms with Gasteiger partial charge in [0.2, 0.25) is 0 Å². The topological polar surface area (TPSA) is 61.6 Å². The number of anilines is 2. The average molecular weight is 274 g/mol. The highest BCUT2D eigenvalue weighted by Crippen LogP contribution is 2.27. The maximum Gasteiger partial charge on any atom is 0.114 e. The third-order valence-electron chi connectivity index (χ3n) is 3.10. The van der Waals surface area contributed by atoms with Crippen molar-refractivity contribution < 1.29 is 5.21 Å². The monoisotopic (exact) mass is 274 g/mol. The number of fused-ring (bicyclic) bond motifs is 1. The standard InChI is InChI=1S/C15H22N4O/c1-4-16-11-7-8-13(18-6-3)15-14(11)12(17-5-2)9-10-19(15)20/h7-10,16,18,20H,4-6H2,1-3H3. The van der Waals surface area contributed by atoms with Crippen molar-refractivity contribution in [3.63, 3.8) is 0 Å². The molecule has 2 rings (SSSR count). The van der Waals surface area contributed by atoms with Gasteiger partial charge in [0.15, 0.2) is 0 Å². The van der Waals surface area contributed by atoms with Gasteiger partial charge in [0.05, 0.1) is 16.4 Å². The Bertz CT molecular complexity index is 661. The van der Waals surface area contributed by atoms with E-state index in [0.717, 1.165) is 45.5 Å². The summed E-state index contributed by atoms with van der Waals surface area (Å²) in [6.45, 7) is 8.42. The van der Waals surface area contributed by atoms with E-state index in [0.29, 0.717) is 6.54 Å². The third-order valence-corrected chi connectivity index (χ3v) is 3.10. The Balaban J connectivity index is 2.86. The predicted octanol–water partition coefficient (Wildman–Crippen LogP) is 2.66. The van der Waals surface area contributed by atoms with Gasteiger partial charge >= 0.3 is 0 Å². The van der Waals surface area contributed by atoms with Crippen LogP contribution in [0.25, 0.3) is 10.9 Å². The molecule has 0 fully saturated rings. The molecule has 108 valence electrons. The Labute approximate surface area is 118 Å². The van der Waals surface area contributed by atoms with E-state index >= 15 is 0 Å². The second-order valence-electron chi connectivity index (χ2n) is 4.46. The molecule has 20 heavy (non-hydrogen) atoms. The molecule has 0 unspecified atom stereocenters. The Morgan fingerprint density at radius 2 is 1.70 bits per heavy atom. The number of nitrogens with one attached hydrogen (secondary N) is 2. The van der Waals surface area contributed by atoms with Crippen LogP contribution in [0.1, 0.15) is 20.8 Å². The van der Waals surface area contributed by atoms with Crippen molar-refractivity contribution in [3.05, 3.63) is 29.8 Å². The van der Waals surface area contributed by atoms with Gasteiger partial charge in [-0.05, 0) is 39.0 Å². The van der Waals surface area contributed by atoms with Crippen molar-refractivity contribution in [2.45, 2.75) is 20.8 Å². The van der Waals surface area contributed by atoms with Gasteiger partial charge in [-0.1, -0.05) is 0 Å². The summed E-state index contributed by atoms with van der Waals surface area (Å²) in [5.41, 5.74) is 2.64. The summed E-state index contributed by atoms with van der Waals surface area (Å²) in [4.78, 5) is 4.53. The van der Waals surface area contributed by atoms with Crippen molar-refractivity contribution in [1.82, 2.24) is 4.73 Å². The zero-order valence-electron chi connectivity index (χ0n) is 12.3. The Kier molecular flexibility index (Phi) is 4.50. The normalized spacial score (nSPS) is 11.8. The summed E-state index contributed by atoms with van der Waals surface area (Å²) < 4.78 is 1.16. The molecule has 0 aliphatic heterocycles. The van der Waals surface area contributed by atoms with Crippen LogP contribution >= 0.6 is 0 Å². The molecular weight excluding hydrogens is 252 g/mol. The van der Waals surface area contributed by atoms with Crippen LogP contribution in [0.5, 0.6) is 0 Å². The molecule has 1 aromatic carbocycles. The number of benzene rings is 1. The number of pyridine rings is 1. The van der Waals surface area contributed by atoms with Gasteiger partial charge in [-0.3, -0.25) is 4.99 Å². The van der Waals surface area contributed by atoms with Crippen LogP contribution in [0.15, 0.2) is 29.4 Å². The van der Waals surface area contributed by atoms with Gasteiger partial charge < -0.3 is 15.8 Å². The van der Waals surface area contributed by atoms with Crippen molar-refractivity contribution in [2.24, 2.45) is 4.99 Å². The highest BCUT2D eigenvalue weighted by Gasteiger charge is 2.10. The lowest BCUT2D eigenvalue weighted by molar-refractivity contribution is 0.198. The molecule has 5 heteroatoms. The molecule has 1 heterocycles. The lowest BCUT2D eigenvalue weighted by Crippen LogP contribution is -2.13. The zero-order chi connectivity index (χ0) is 14.5. The first-order chi connectivity index (χ1) is 9.72. The molecule has 1 aromatic heterocycles. The zero-order valence-corrected chi connectivity index (χ0v) is 12.3. The minimum absolute atomic E-state index is 0.710. The Morgan fingerprint density at radius 1 is 1.05 bits per heavy atom. The first-order valence-corrected chi connectivity index (χ1v) is 7.08. The molecule has 0 amide bonds. The lowest BCUT2D eigenvalue weighted by Gasteiger charge is -2.15. The molecule has 0 aliphatic rings. The molecule has 2 aromatic rings. The van der Waals surface area contributed by atoms with Crippen LogP contribution in [-0.4, -0.2) is 29.6 Å². The minimum Gasteiger partial charge on any atom is -0.428 e. The molecule has 0 atom stereocenters. The SMILES string of the molecule is CCN=c1ccn(O)c2c(NCC)ccc(NCC)c12. The number of hydrogen-bond acceptors (Lipinski definition) is 4. The summed E-state index contributed by atoms with van der Waals surface area (Å²) in [6.07, 6.45) is 1.63. The maximum absolute atomic E-state index is 10.2. The van der Waals surface area contributed by atoms with E-state index in [1.165, 1.54) is 0 Å². The van der Waals surface area contributed by atoms with Gasteiger partial charge in [-0.15, -0.1) is 0 Å². The van der Waals surface area contributed by atoms with Gasteiger partial charge in [-0.25, -0.2) is 0 Å². The molecule has 0 bridgehead atoms. The van der Waals surface area contributed by atoms with E-state index < -0.39 is 0 Å². The van der Waals surface area contributed by atoms with Crippen molar-refractivity contribution >= 4 is 22.3 Å². The molecule has 0 saturated heterocycles. The number of nitrogens with zero attached hydrogens (tertiary/aromatic N) is 2. The smallest absolute Gasteiger partial charge is 0.114 e. The van der Waals surface area contributed by atoms with Crippen molar-refractivity contribution in [2.75, 3.05) is 30.3 Å². The van der Waals surface area contributed by atoms with Crippen LogP contribution in [0.2, 0.25) is 0 Å². The molecule has 0 aliphatic carbocycles. The summed E-state index contributed by atoms with van der Waals surface area (Å²) in [7, 11) is 0. The van der Waals surface area contributed by atoms with E-state index in [2.05, 4.69) is 22.5 Å². The Hall–Kier alpha value is -2.17. The first kappa shape index (κ1) is 14.2. The fourth-order valence-electron chi connectivity index (χ4n) is 2.36. The first-order valence-electron chi connectivity index (χ1n) is 7.08. The fourth-order valence-corrected chi connectivity index (χ4v) is 2.36. The third kappa shape index (κ3) is 2.57. The van der Waals surface area contributed by atoms with Crippen molar-refractivity contribution in [1.29, 1.82) is 0 Å². The van der Waals surface area contributed by atoms with Gasteiger partial charge in [0, 0.05) is 31.5 Å². The van der Waals surface area contributed by atoms with Gasteiger partial charge in [0.1, 0.15) is 5.52 Å². The second-order valence-corrected chi connectivity index (χ2v) is 4.46. The van der Waals surface area contributed by atoms with E-state index in [-0.39, 0.29) is 0 Å². The summed E-state index contributed by atoms with van der Waals surface area (Å²) >= 11 is 0. The lowest BCUT2D eigenvalue weighted by atomic mass is 10.1. The molecule has 0 radical (unpaired) electrons. The largest absolute Gasteiger partial charge is 0.428 e. The predicted molar refractivity (Wildman–Crippen MR) is 83.6 cm³/mol. The number of hydrogen-bond donors (Lipinski definition) is 3. The van der Waals surface area contributed by atoms with E-state index in [1.807, 2.05) is 32.0 Å². The van der Waals surface area contributed by atoms with Crippen molar-refractivity contribution in [3.8, 4) is 0 Å². The van der Waals surface area contributed by atoms with Crippen LogP contribution in [0.3, 0.4) is 0 Å². The highest BCUT2D eigenvalue weighted by molar-refractivity contribution is 5.99. The van der Waals surface area contributed by atoms with Gasteiger partial charge in [0.25, 0.3) is 0 Å². The maximum atomic E-state index is 10.2. The quantitative estimate of drug-likeness (QED) is 0.735. The molecule has 3 N–H and O–H groups in total. The van der Waals surface area contributed by atoms with Crippen LogP contribution in [-0.2, 0) is 0 Å².